The number of fused-ring (bicyclic) bond motifs is 1. The summed E-state index contributed by atoms with van der Waals surface area (Å²) in [7, 11) is 1.67. The van der Waals surface area contributed by atoms with Crippen LogP contribution >= 0.6 is 11.8 Å². The van der Waals surface area contributed by atoms with Gasteiger partial charge in [0.2, 0.25) is 5.91 Å². The third-order valence-electron chi connectivity index (χ3n) is 3.53. The summed E-state index contributed by atoms with van der Waals surface area (Å²) in [6.45, 7) is 2.62. The monoisotopic (exact) mass is 306 g/mol. The maximum absolute atomic E-state index is 11.9. The van der Waals surface area contributed by atoms with Crippen LogP contribution in [0.1, 0.15) is 12.5 Å². The Morgan fingerprint density at radius 2 is 2.29 bits per heavy atom. The van der Waals surface area contributed by atoms with Gasteiger partial charge in [-0.05, 0) is 36.4 Å². The summed E-state index contributed by atoms with van der Waals surface area (Å²) in [6, 6.07) is 5.98. The van der Waals surface area contributed by atoms with E-state index in [4.69, 9.17) is 4.74 Å². The van der Waals surface area contributed by atoms with E-state index in [9.17, 15) is 4.79 Å². The molecule has 0 saturated heterocycles. The van der Waals surface area contributed by atoms with Gasteiger partial charge in [0, 0.05) is 35.3 Å². The van der Waals surface area contributed by atoms with Crippen LogP contribution in [0.5, 0.6) is 5.75 Å². The summed E-state index contributed by atoms with van der Waals surface area (Å²) in [6.07, 6.45) is 4.83. The van der Waals surface area contributed by atoms with Gasteiger partial charge in [-0.25, -0.2) is 0 Å². The zero-order valence-corrected chi connectivity index (χ0v) is 13.5. The summed E-state index contributed by atoms with van der Waals surface area (Å²) in [4.78, 5) is 15.1. The van der Waals surface area contributed by atoms with Gasteiger partial charge in [0.05, 0.1) is 7.11 Å². The van der Waals surface area contributed by atoms with Crippen molar-refractivity contribution in [3.05, 3.63) is 30.0 Å². The number of methoxy groups -OCH3 is 1. The standard InChI is InChI=1S/C16H22N2O2S/c1-11(10-21-3)16(19)17-7-6-12-9-18-15-5-4-13(20-2)8-14(12)15/h4-5,8-9,11,18H,6-7,10H2,1-3H3,(H,17,19)/t11-/m1/s1. The average Bonchev–Trinajstić information content (AvgIpc) is 2.89. The van der Waals surface area contributed by atoms with E-state index >= 15 is 0 Å². The number of amides is 1. The molecule has 114 valence electrons. The van der Waals surface area contributed by atoms with Gasteiger partial charge in [-0.2, -0.15) is 11.8 Å². The molecule has 0 unspecified atom stereocenters. The third kappa shape index (κ3) is 3.94. The molecule has 1 heterocycles. The first kappa shape index (κ1) is 15.8. The van der Waals surface area contributed by atoms with E-state index in [1.54, 1.807) is 18.9 Å². The molecule has 0 spiro atoms. The molecular weight excluding hydrogens is 284 g/mol. The lowest BCUT2D eigenvalue weighted by atomic mass is 10.1. The highest BCUT2D eigenvalue weighted by Gasteiger charge is 2.11. The highest BCUT2D eigenvalue weighted by atomic mass is 32.2. The molecule has 0 saturated carbocycles. The van der Waals surface area contributed by atoms with Crippen molar-refractivity contribution in [1.29, 1.82) is 0 Å². The van der Waals surface area contributed by atoms with Gasteiger partial charge >= 0.3 is 0 Å². The Morgan fingerprint density at radius 3 is 3.00 bits per heavy atom. The van der Waals surface area contributed by atoms with E-state index in [2.05, 4.69) is 10.3 Å². The second-order valence-electron chi connectivity index (χ2n) is 5.12. The molecule has 1 aromatic heterocycles. The van der Waals surface area contributed by atoms with Crippen molar-refractivity contribution in [2.75, 3.05) is 25.7 Å². The minimum atomic E-state index is 0.0584. The van der Waals surface area contributed by atoms with Crippen LogP contribution in [0.15, 0.2) is 24.4 Å². The number of rotatable bonds is 7. The molecule has 0 aliphatic rings. The Kier molecular flexibility index (Phi) is 5.56. The smallest absolute Gasteiger partial charge is 0.223 e. The topological polar surface area (TPSA) is 54.1 Å². The third-order valence-corrected chi connectivity index (χ3v) is 4.37. The molecule has 2 aromatic rings. The number of hydrogen-bond donors (Lipinski definition) is 2. The minimum absolute atomic E-state index is 0.0584. The van der Waals surface area contributed by atoms with Crippen LogP contribution in [-0.4, -0.2) is 36.6 Å². The zero-order chi connectivity index (χ0) is 15.2. The van der Waals surface area contributed by atoms with Crippen LogP contribution < -0.4 is 10.1 Å². The van der Waals surface area contributed by atoms with Gasteiger partial charge in [0.1, 0.15) is 5.75 Å². The first-order valence-electron chi connectivity index (χ1n) is 7.06. The van der Waals surface area contributed by atoms with Gasteiger partial charge in [-0.15, -0.1) is 0 Å². The zero-order valence-electron chi connectivity index (χ0n) is 12.7. The number of aromatic amines is 1. The Balaban J connectivity index is 1.96. The average molecular weight is 306 g/mol. The maximum atomic E-state index is 11.9. The van der Waals surface area contributed by atoms with Crippen molar-refractivity contribution < 1.29 is 9.53 Å². The largest absolute Gasteiger partial charge is 0.497 e. The van der Waals surface area contributed by atoms with Crippen LogP contribution in [0.25, 0.3) is 10.9 Å². The van der Waals surface area contributed by atoms with Crippen molar-refractivity contribution >= 4 is 28.6 Å². The molecule has 5 heteroatoms. The predicted octanol–water partition coefficient (Wildman–Crippen LogP) is 2.83. The fourth-order valence-electron chi connectivity index (χ4n) is 2.31. The lowest BCUT2D eigenvalue weighted by molar-refractivity contribution is -0.123. The number of benzene rings is 1. The fraction of sp³-hybridized carbons (Fsp3) is 0.438. The Labute approximate surface area is 129 Å². The summed E-state index contributed by atoms with van der Waals surface area (Å²) in [5.41, 5.74) is 2.29. The first-order valence-corrected chi connectivity index (χ1v) is 8.45. The van der Waals surface area contributed by atoms with Crippen LogP contribution in [-0.2, 0) is 11.2 Å². The molecular formula is C16H22N2O2S. The molecule has 4 nitrogen and oxygen atoms in total. The lowest BCUT2D eigenvalue weighted by Gasteiger charge is -2.10. The molecule has 1 amide bonds. The van der Waals surface area contributed by atoms with E-state index in [-0.39, 0.29) is 11.8 Å². The van der Waals surface area contributed by atoms with Gasteiger partial charge in [-0.3, -0.25) is 4.79 Å². The summed E-state index contributed by atoms with van der Waals surface area (Å²) < 4.78 is 5.26. The number of aromatic nitrogens is 1. The second-order valence-corrected chi connectivity index (χ2v) is 6.03. The number of ether oxygens (including phenoxy) is 1. The van der Waals surface area contributed by atoms with E-state index in [1.807, 2.05) is 37.6 Å². The molecule has 2 N–H and O–H groups in total. The molecule has 0 bridgehead atoms. The molecule has 1 aromatic carbocycles. The summed E-state index contributed by atoms with van der Waals surface area (Å²) in [5, 5.41) is 4.15. The highest BCUT2D eigenvalue weighted by Crippen LogP contribution is 2.23. The van der Waals surface area contributed by atoms with E-state index < -0.39 is 0 Å². The van der Waals surface area contributed by atoms with Crippen LogP contribution in [0.3, 0.4) is 0 Å². The van der Waals surface area contributed by atoms with Crippen LogP contribution in [0.2, 0.25) is 0 Å². The van der Waals surface area contributed by atoms with Crippen molar-refractivity contribution in [3.63, 3.8) is 0 Å². The van der Waals surface area contributed by atoms with Crippen molar-refractivity contribution in [1.82, 2.24) is 10.3 Å². The Bertz CT molecular complexity index is 609. The van der Waals surface area contributed by atoms with Crippen LogP contribution in [0.4, 0.5) is 0 Å². The minimum Gasteiger partial charge on any atom is -0.497 e. The Hall–Kier alpha value is -1.62. The van der Waals surface area contributed by atoms with Gasteiger partial charge in [0.15, 0.2) is 0 Å². The van der Waals surface area contributed by atoms with Crippen LogP contribution in [0, 0.1) is 5.92 Å². The lowest BCUT2D eigenvalue weighted by Crippen LogP contribution is -2.31. The number of thioether (sulfide) groups is 1. The summed E-state index contributed by atoms with van der Waals surface area (Å²) >= 11 is 1.70. The van der Waals surface area contributed by atoms with E-state index in [1.165, 1.54) is 5.56 Å². The quantitative estimate of drug-likeness (QED) is 0.827. The van der Waals surface area contributed by atoms with E-state index in [0.29, 0.717) is 6.54 Å². The first-order chi connectivity index (χ1) is 10.2. The molecule has 2 rings (SSSR count). The highest BCUT2D eigenvalue weighted by molar-refractivity contribution is 7.98. The van der Waals surface area contributed by atoms with Crippen molar-refractivity contribution in [2.24, 2.45) is 5.92 Å². The fourth-order valence-corrected chi connectivity index (χ4v) is 2.96. The predicted molar refractivity (Wildman–Crippen MR) is 89.1 cm³/mol. The molecule has 21 heavy (non-hydrogen) atoms. The van der Waals surface area contributed by atoms with Crippen molar-refractivity contribution in [2.45, 2.75) is 13.3 Å². The normalized spacial score (nSPS) is 12.3. The number of hydrogen-bond acceptors (Lipinski definition) is 3. The molecule has 0 fully saturated rings. The number of H-pyrrole nitrogens is 1. The molecule has 0 radical (unpaired) electrons. The van der Waals surface area contributed by atoms with Crippen molar-refractivity contribution in [3.8, 4) is 5.75 Å². The second kappa shape index (κ2) is 7.41. The van der Waals surface area contributed by atoms with Gasteiger partial charge < -0.3 is 15.0 Å². The number of carbonyl (C=O) groups excluding carboxylic acids is 1. The Morgan fingerprint density at radius 1 is 1.48 bits per heavy atom. The SMILES string of the molecule is COc1ccc2[nH]cc(CCNC(=O)[C@H](C)CSC)c2c1. The maximum Gasteiger partial charge on any atom is 0.223 e. The molecule has 0 aliphatic carbocycles. The van der Waals surface area contributed by atoms with Gasteiger partial charge in [0.25, 0.3) is 0 Å². The number of carbonyl (C=O) groups is 1. The molecule has 1 atom stereocenters. The summed E-state index contributed by atoms with van der Waals surface area (Å²) in [5.74, 6) is 1.89. The molecule has 0 aliphatic heterocycles. The number of nitrogens with one attached hydrogen (secondary N) is 2. The van der Waals surface area contributed by atoms with E-state index in [0.717, 1.165) is 28.8 Å². The van der Waals surface area contributed by atoms with Gasteiger partial charge in [-0.1, -0.05) is 6.92 Å².